The van der Waals surface area contributed by atoms with Crippen molar-refractivity contribution in [2.24, 2.45) is 5.16 Å². The summed E-state index contributed by atoms with van der Waals surface area (Å²) in [7, 11) is 1.61. The van der Waals surface area contributed by atoms with E-state index in [0.29, 0.717) is 11.7 Å². The fourth-order valence-electron chi connectivity index (χ4n) is 2.28. The third kappa shape index (κ3) is 4.23. The zero-order chi connectivity index (χ0) is 17.5. The molecule has 0 saturated carbocycles. The van der Waals surface area contributed by atoms with Gasteiger partial charge in [-0.25, -0.2) is 0 Å². The Labute approximate surface area is 146 Å². The second-order valence-electron chi connectivity index (χ2n) is 5.31. The molecule has 3 rings (SSSR count). The van der Waals surface area contributed by atoms with Crippen LogP contribution in [0.25, 0.3) is 11.4 Å². The van der Waals surface area contributed by atoms with Gasteiger partial charge in [0.2, 0.25) is 5.82 Å². The van der Waals surface area contributed by atoms with Gasteiger partial charge in [0.15, 0.2) is 6.61 Å². The highest BCUT2D eigenvalue weighted by atomic mass is 16.6. The molecule has 2 aromatic carbocycles. The molecular formula is C19H19N3O3. The maximum Gasteiger partial charge on any atom is 0.267 e. The second-order valence-corrected chi connectivity index (χ2v) is 5.31. The lowest BCUT2D eigenvalue weighted by atomic mass is 10.1. The van der Waals surface area contributed by atoms with Gasteiger partial charge in [-0.1, -0.05) is 53.6 Å². The van der Waals surface area contributed by atoms with Crippen LogP contribution in [0.5, 0.6) is 5.75 Å². The lowest BCUT2D eigenvalue weighted by molar-refractivity contribution is 0.107. The fraction of sp³-hybridized carbons (Fsp3) is 0.211. The average molecular weight is 337 g/mol. The van der Waals surface area contributed by atoms with Crippen LogP contribution in [0.1, 0.15) is 23.9 Å². The highest BCUT2D eigenvalue weighted by molar-refractivity contribution is 5.82. The molecule has 25 heavy (non-hydrogen) atoms. The van der Waals surface area contributed by atoms with Crippen molar-refractivity contribution in [3.63, 3.8) is 0 Å². The highest BCUT2D eigenvalue weighted by Crippen LogP contribution is 2.17. The molecule has 0 aliphatic rings. The van der Waals surface area contributed by atoms with Crippen LogP contribution in [0.4, 0.5) is 0 Å². The monoisotopic (exact) mass is 337 g/mol. The molecule has 0 radical (unpaired) electrons. The molecule has 0 amide bonds. The van der Waals surface area contributed by atoms with E-state index in [0.717, 1.165) is 23.3 Å². The maximum atomic E-state index is 5.24. The van der Waals surface area contributed by atoms with Crippen LogP contribution < -0.4 is 4.74 Å². The van der Waals surface area contributed by atoms with Crippen LogP contribution in [0.15, 0.2) is 58.2 Å². The Kier molecular flexibility index (Phi) is 5.41. The Balaban J connectivity index is 1.59. The van der Waals surface area contributed by atoms with Crippen molar-refractivity contribution in [2.45, 2.75) is 20.0 Å². The number of nitrogens with zero attached hydrogens (tertiary/aromatic N) is 3. The lowest BCUT2D eigenvalue weighted by Crippen LogP contribution is -1.92. The summed E-state index contributed by atoms with van der Waals surface area (Å²) < 4.78 is 10.4. The molecule has 6 nitrogen and oxygen atoms in total. The van der Waals surface area contributed by atoms with Crippen molar-refractivity contribution in [3.8, 4) is 17.1 Å². The molecule has 0 N–H and O–H groups in total. The van der Waals surface area contributed by atoms with Crippen LogP contribution in [-0.2, 0) is 17.9 Å². The topological polar surface area (TPSA) is 69.7 Å². The molecule has 1 aromatic heterocycles. The molecule has 0 aliphatic carbocycles. The first kappa shape index (κ1) is 16.7. The zero-order valence-corrected chi connectivity index (χ0v) is 14.2. The minimum absolute atomic E-state index is 0.103. The number of aryl methyl sites for hydroxylation is 1. The summed E-state index contributed by atoms with van der Waals surface area (Å²) >= 11 is 0. The van der Waals surface area contributed by atoms with Crippen LogP contribution in [0.2, 0.25) is 0 Å². The smallest absolute Gasteiger partial charge is 0.267 e. The normalized spacial score (nSPS) is 11.0. The van der Waals surface area contributed by atoms with Gasteiger partial charge in [0.25, 0.3) is 5.89 Å². The van der Waals surface area contributed by atoms with E-state index >= 15 is 0 Å². The Morgan fingerprint density at radius 1 is 1.12 bits per heavy atom. The van der Waals surface area contributed by atoms with Crippen molar-refractivity contribution in [2.75, 3.05) is 7.11 Å². The molecule has 0 atom stereocenters. The number of methoxy groups -OCH3 is 1. The van der Waals surface area contributed by atoms with E-state index in [4.69, 9.17) is 14.1 Å². The standard InChI is InChI=1S/C19H19N3O3/c1-3-14-8-10-15(11-9-14)19-21-18(25-22-19)13-24-20-12-16-6-4-5-7-17(16)23-2/h4-12H,3,13H2,1-2H3/b20-12-. The Morgan fingerprint density at radius 3 is 2.68 bits per heavy atom. The van der Waals surface area contributed by atoms with E-state index in [9.17, 15) is 0 Å². The fourth-order valence-corrected chi connectivity index (χ4v) is 2.28. The van der Waals surface area contributed by atoms with Gasteiger partial charge in [-0.3, -0.25) is 0 Å². The minimum Gasteiger partial charge on any atom is -0.496 e. The van der Waals surface area contributed by atoms with Gasteiger partial charge >= 0.3 is 0 Å². The summed E-state index contributed by atoms with van der Waals surface area (Å²) in [5, 5.41) is 7.89. The van der Waals surface area contributed by atoms with Gasteiger partial charge in [-0.15, -0.1) is 0 Å². The summed E-state index contributed by atoms with van der Waals surface area (Å²) in [5.41, 5.74) is 3.00. The predicted molar refractivity (Wildman–Crippen MR) is 94.5 cm³/mol. The quantitative estimate of drug-likeness (QED) is 0.484. The molecule has 0 bridgehead atoms. The van der Waals surface area contributed by atoms with E-state index in [1.807, 2.05) is 36.4 Å². The highest BCUT2D eigenvalue weighted by Gasteiger charge is 2.08. The molecule has 0 fully saturated rings. The van der Waals surface area contributed by atoms with E-state index in [1.165, 1.54) is 5.56 Å². The zero-order valence-electron chi connectivity index (χ0n) is 14.2. The van der Waals surface area contributed by atoms with E-state index in [2.05, 4.69) is 34.4 Å². The van der Waals surface area contributed by atoms with Gasteiger partial charge in [0.05, 0.1) is 13.3 Å². The Morgan fingerprint density at radius 2 is 1.92 bits per heavy atom. The molecule has 0 saturated heterocycles. The first-order valence-electron chi connectivity index (χ1n) is 8.00. The van der Waals surface area contributed by atoms with E-state index < -0.39 is 0 Å². The third-order valence-corrected chi connectivity index (χ3v) is 3.68. The SMILES string of the molecule is CCc1ccc(-c2noc(CO/N=C\c3ccccc3OC)n2)cc1. The summed E-state index contributed by atoms with van der Waals surface area (Å²) in [6, 6.07) is 15.6. The van der Waals surface area contributed by atoms with Crippen LogP contribution in [0.3, 0.4) is 0 Å². The Bertz CT molecular complexity index is 841. The second kappa shape index (κ2) is 8.10. The molecular weight excluding hydrogens is 318 g/mol. The molecule has 128 valence electrons. The summed E-state index contributed by atoms with van der Waals surface area (Å²) in [6.45, 7) is 2.22. The number of rotatable bonds is 7. The number of oxime groups is 1. The van der Waals surface area contributed by atoms with Gasteiger partial charge in [-0.05, 0) is 24.1 Å². The summed E-state index contributed by atoms with van der Waals surface area (Å²) in [6.07, 6.45) is 2.58. The molecule has 0 aliphatic heterocycles. The van der Waals surface area contributed by atoms with Crippen molar-refractivity contribution in [1.29, 1.82) is 0 Å². The summed E-state index contributed by atoms with van der Waals surface area (Å²) in [5.74, 6) is 1.63. The number of aromatic nitrogens is 2. The molecule has 0 unspecified atom stereocenters. The van der Waals surface area contributed by atoms with Crippen LogP contribution in [-0.4, -0.2) is 23.5 Å². The third-order valence-electron chi connectivity index (χ3n) is 3.68. The minimum atomic E-state index is 0.103. The van der Waals surface area contributed by atoms with Crippen molar-refractivity contribution < 1.29 is 14.1 Å². The van der Waals surface area contributed by atoms with Crippen LogP contribution >= 0.6 is 0 Å². The van der Waals surface area contributed by atoms with Crippen molar-refractivity contribution in [3.05, 3.63) is 65.5 Å². The number of benzene rings is 2. The van der Waals surface area contributed by atoms with Gasteiger partial charge in [-0.2, -0.15) is 4.98 Å². The van der Waals surface area contributed by atoms with E-state index in [1.54, 1.807) is 13.3 Å². The first-order chi connectivity index (χ1) is 12.3. The largest absolute Gasteiger partial charge is 0.496 e. The van der Waals surface area contributed by atoms with Crippen molar-refractivity contribution >= 4 is 6.21 Å². The van der Waals surface area contributed by atoms with Gasteiger partial charge in [0, 0.05) is 11.1 Å². The first-order valence-corrected chi connectivity index (χ1v) is 8.00. The number of hydrogen-bond donors (Lipinski definition) is 0. The van der Waals surface area contributed by atoms with Gasteiger partial charge < -0.3 is 14.1 Å². The van der Waals surface area contributed by atoms with E-state index in [-0.39, 0.29) is 6.61 Å². The lowest BCUT2D eigenvalue weighted by Gasteiger charge is -2.02. The summed E-state index contributed by atoms with van der Waals surface area (Å²) in [4.78, 5) is 9.54. The molecule has 6 heteroatoms. The maximum absolute atomic E-state index is 5.24. The number of hydrogen-bond acceptors (Lipinski definition) is 6. The Hall–Kier alpha value is -3.15. The number of ether oxygens (including phenoxy) is 1. The number of para-hydroxylation sites is 1. The molecule has 0 spiro atoms. The average Bonchev–Trinajstić information content (AvgIpc) is 3.14. The predicted octanol–water partition coefficient (Wildman–Crippen LogP) is 3.86. The van der Waals surface area contributed by atoms with Crippen molar-refractivity contribution in [1.82, 2.24) is 10.1 Å². The molecule has 1 heterocycles. The van der Waals surface area contributed by atoms with Gasteiger partial charge in [0.1, 0.15) is 5.75 Å². The molecule has 3 aromatic rings. The van der Waals surface area contributed by atoms with Crippen LogP contribution in [0, 0.1) is 0 Å².